The van der Waals surface area contributed by atoms with Crippen molar-refractivity contribution in [2.24, 2.45) is 0 Å². The van der Waals surface area contributed by atoms with Crippen LogP contribution < -0.4 is 0 Å². The van der Waals surface area contributed by atoms with Crippen LogP contribution in [0, 0.1) is 6.92 Å². The number of hydrogen-bond acceptors (Lipinski definition) is 3. The standard InChI is InChI=1S/C15H16F3NO2/c1-10-13(9-21-19-10)14(20)4-2-3-11-5-7-12(8-6-11)15(16,17)18/h5-9,14,20H,2-4H2,1H3. The number of rotatable bonds is 5. The molecule has 0 radical (unpaired) electrons. The van der Waals surface area contributed by atoms with Crippen molar-refractivity contribution in [3.05, 3.63) is 52.9 Å². The summed E-state index contributed by atoms with van der Waals surface area (Å²) >= 11 is 0. The summed E-state index contributed by atoms with van der Waals surface area (Å²) in [6, 6.07) is 5.10. The van der Waals surface area contributed by atoms with Gasteiger partial charge in [0.15, 0.2) is 0 Å². The van der Waals surface area contributed by atoms with Gasteiger partial charge in [-0.25, -0.2) is 0 Å². The molecule has 6 heteroatoms. The zero-order valence-electron chi connectivity index (χ0n) is 11.5. The number of benzene rings is 1. The number of aliphatic hydroxyl groups excluding tert-OH is 1. The molecule has 1 unspecified atom stereocenters. The summed E-state index contributed by atoms with van der Waals surface area (Å²) in [7, 11) is 0. The molecule has 0 spiro atoms. The lowest BCUT2D eigenvalue weighted by atomic mass is 10.0. The zero-order valence-corrected chi connectivity index (χ0v) is 11.5. The minimum atomic E-state index is -4.31. The summed E-state index contributed by atoms with van der Waals surface area (Å²) in [5.74, 6) is 0. The van der Waals surface area contributed by atoms with Gasteiger partial charge in [-0.2, -0.15) is 13.2 Å². The number of aliphatic hydroxyl groups is 1. The fraction of sp³-hybridized carbons (Fsp3) is 0.400. The average Bonchev–Trinajstić information content (AvgIpc) is 2.84. The first-order valence-electron chi connectivity index (χ1n) is 6.63. The van der Waals surface area contributed by atoms with Crippen LogP contribution in [0.15, 0.2) is 35.1 Å². The third-order valence-corrected chi connectivity index (χ3v) is 3.37. The molecule has 0 aliphatic heterocycles. The quantitative estimate of drug-likeness (QED) is 0.905. The van der Waals surface area contributed by atoms with Crippen molar-refractivity contribution in [3.8, 4) is 0 Å². The second-order valence-electron chi connectivity index (χ2n) is 4.96. The molecule has 0 bridgehead atoms. The lowest BCUT2D eigenvalue weighted by Gasteiger charge is -2.10. The van der Waals surface area contributed by atoms with Gasteiger partial charge < -0.3 is 9.63 Å². The van der Waals surface area contributed by atoms with Crippen LogP contribution in [0.4, 0.5) is 13.2 Å². The third-order valence-electron chi connectivity index (χ3n) is 3.37. The van der Waals surface area contributed by atoms with Crippen molar-refractivity contribution >= 4 is 0 Å². The summed E-state index contributed by atoms with van der Waals surface area (Å²) in [4.78, 5) is 0. The van der Waals surface area contributed by atoms with Crippen molar-refractivity contribution in [2.75, 3.05) is 0 Å². The summed E-state index contributed by atoms with van der Waals surface area (Å²) < 4.78 is 42.0. The van der Waals surface area contributed by atoms with E-state index in [-0.39, 0.29) is 0 Å². The molecule has 21 heavy (non-hydrogen) atoms. The number of hydrogen-bond donors (Lipinski definition) is 1. The number of aromatic nitrogens is 1. The van der Waals surface area contributed by atoms with E-state index in [1.165, 1.54) is 18.4 Å². The van der Waals surface area contributed by atoms with Gasteiger partial charge in [-0.3, -0.25) is 0 Å². The number of alkyl halides is 3. The Balaban J connectivity index is 1.85. The molecule has 0 saturated heterocycles. The first-order valence-corrected chi connectivity index (χ1v) is 6.63. The van der Waals surface area contributed by atoms with Crippen LogP contribution in [0.25, 0.3) is 0 Å². The molecule has 1 atom stereocenters. The highest BCUT2D eigenvalue weighted by Crippen LogP contribution is 2.29. The Morgan fingerprint density at radius 3 is 2.43 bits per heavy atom. The van der Waals surface area contributed by atoms with E-state index >= 15 is 0 Å². The average molecular weight is 299 g/mol. The minimum absolute atomic E-state index is 0.503. The Kier molecular flexibility index (Phi) is 4.67. The summed E-state index contributed by atoms with van der Waals surface area (Å²) in [6.07, 6.45) is -1.77. The molecular formula is C15H16F3NO2. The van der Waals surface area contributed by atoms with Crippen molar-refractivity contribution in [2.45, 2.75) is 38.5 Å². The van der Waals surface area contributed by atoms with Crippen LogP contribution in [0.2, 0.25) is 0 Å². The molecule has 1 aromatic carbocycles. The number of aryl methyl sites for hydroxylation is 2. The number of nitrogens with zero attached hydrogens (tertiary/aromatic N) is 1. The van der Waals surface area contributed by atoms with Gasteiger partial charge in [-0.15, -0.1) is 0 Å². The van der Waals surface area contributed by atoms with Gasteiger partial charge in [0.1, 0.15) is 6.26 Å². The summed E-state index contributed by atoms with van der Waals surface area (Å²) in [5, 5.41) is 13.7. The Bertz CT molecular complexity index is 575. The number of halogens is 3. The smallest absolute Gasteiger partial charge is 0.388 e. The molecule has 0 saturated carbocycles. The molecule has 2 aromatic rings. The monoisotopic (exact) mass is 299 g/mol. The molecule has 2 rings (SSSR count). The van der Waals surface area contributed by atoms with Gasteiger partial charge in [0.05, 0.1) is 17.4 Å². The van der Waals surface area contributed by atoms with Gasteiger partial charge in [0.25, 0.3) is 0 Å². The predicted molar refractivity (Wildman–Crippen MR) is 70.6 cm³/mol. The molecule has 1 aromatic heterocycles. The minimum Gasteiger partial charge on any atom is -0.388 e. The maximum absolute atomic E-state index is 12.4. The van der Waals surface area contributed by atoms with E-state index in [1.807, 2.05) is 0 Å². The third kappa shape index (κ3) is 4.07. The molecule has 0 fully saturated rings. The van der Waals surface area contributed by atoms with E-state index < -0.39 is 17.8 Å². The normalized spacial score (nSPS) is 13.4. The largest absolute Gasteiger partial charge is 0.416 e. The Morgan fingerprint density at radius 1 is 1.24 bits per heavy atom. The van der Waals surface area contributed by atoms with E-state index in [0.29, 0.717) is 30.5 Å². The second kappa shape index (κ2) is 6.30. The van der Waals surface area contributed by atoms with Crippen LogP contribution in [0.1, 0.15) is 41.3 Å². The maximum Gasteiger partial charge on any atom is 0.416 e. The van der Waals surface area contributed by atoms with Crippen molar-refractivity contribution in [1.29, 1.82) is 0 Å². The van der Waals surface area contributed by atoms with Crippen LogP contribution >= 0.6 is 0 Å². The maximum atomic E-state index is 12.4. The molecular weight excluding hydrogens is 283 g/mol. The molecule has 0 aliphatic rings. The Hall–Kier alpha value is -1.82. The van der Waals surface area contributed by atoms with Crippen LogP contribution in [0.5, 0.6) is 0 Å². The fourth-order valence-electron chi connectivity index (χ4n) is 2.14. The first-order chi connectivity index (χ1) is 9.88. The van der Waals surface area contributed by atoms with Crippen molar-refractivity contribution in [3.63, 3.8) is 0 Å². The molecule has 114 valence electrons. The van der Waals surface area contributed by atoms with Crippen molar-refractivity contribution in [1.82, 2.24) is 5.16 Å². The van der Waals surface area contributed by atoms with E-state index in [0.717, 1.165) is 17.7 Å². The van der Waals surface area contributed by atoms with Gasteiger partial charge in [-0.1, -0.05) is 17.3 Å². The summed E-state index contributed by atoms with van der Waals surface area (Å²) in [5.41, 5.74) is 1.48. The fourth-order valence-corrected chi connectivity index (χ4v) is 2.14. The molecule has 1 heterocycles. The van der Waals surface area contributed by atoms with Crippen LogP contribution in [-0.2, 0) is 12.6 Å². The lowest BCUT2D eigenvalue weighted by molar-refractivity contribution is -0.137. The topological polar surface area (TPSA) is 46.3 Å². The summed E-state index contributed by atoms with van der Waals surface area (Å²) in [6.45, 7) is 1.75. The van der Waals surface area contributed by atoms with Crippen LogP contribution in [0.3, 0.4) is 0 Å². The van der Waals surface area contributed by atoms with E-state index in [4.69, 9.17) is 4.52 Å². The molecule has 1 N–H and O–H groups in total. The molecule has 0 aliphatic carbocycles. The molecule has 0 amide bonds. The highest BCUT2D eigenvalue weighted by atomic mass is 19.4. The highest BCUT2D eigenvalue weighted by Gasteiger charge is 2.29. The van der Waals surface area contributed by atoms with E-state index in [9.17, 15) is 18.3 Å². The Morgan fingerprint density at radius 2 is 1.90 bits per heavy atom. The van der Waals surface area contributed by atoms with Gasteiger partial charge in [-0.05, 0) is 43.9 Å². The first kappa shape index (κ1) is 15.6. The highest BCUT2D eigenvalue weighted by molar-refractivity contribution is 5.24. The second-order valence-corrected chi connectivity index (χ2v) is 4.96. The zero-order chi connectivity index (χ0) is 15.5. The SMILES string of the molecule is Cc1nocc1C(O)CCCc1ccc(C(F)(F)F)cc1. The molecule has 3 nitrogen and oxygen atoms in total. The van der Waals surface area contributed by atoms with Gasteiger partial charge in [0, 0.05) is 5.56 Å². The Labute approximate surface area is 120 Å². The lowest BCUT2D eigenvalue weighted by Crippen LogP contribution is -2.04. The van der Waals surface area contributed by atoms with Crippen LogP contribution in [-0.4, -0.2) is 10.3 Å². The van der Waals surface area contributed by atoms with Crippen molar-refractivity contribution < 1.29 is 22.8 Å². The predicted octanol–water partition coefficient (Wildman–Crippen LogP) is 4.06. The van der Waals surface area contributed by atoms with E-state index in [1.54, 1.807) is 6.92 Å². The van der Waals surface area contributed by atoms with Gasteiger partial charge >= 0.3 is 6.18 Å². The van der Waals surface area contributed by atoms with E-state index in [2.05, 4.69) is 5.16 Å². The van der Waals surface area contributed by atoms with Gasteiger partial charge in [0.2, 0.25) is 0 Å².